The maximum Gasteiger partial charge on any atom is 0.229 e. The summed E-state index contributed by atoms with van der Waals surface area (Å²) in [6, 6.07) is 9.52. The first-order valence-corrected chi connectivity index (χ1v) is 18.3. The zero-order chi connectivity index (χ0) is 31.7. The van der Waals surface area contributed by atoms with Crippen molar-refractivity contribution in [3.05, 3.63) is 41.0 Å². The highest BCUT2D eigenvalue weighted by Gasteiger charge is 2.32. The molecule has 10 nitrogen and oxygen atoms in total. The molecular formula is C33H45ClN7O3P. The van der Waals surface area contributed by atoms with E-state index in [1.807, 2.05) is 12.1 Å². The van der Waals surface area contributed by atoms with Gasteiger partial charge >= 0.3 is 0 Å². The molecule has 3 aliphatic rings. The maximum atomic E-state index is 6.59. The second kappa shape index (κ2) is 13.8. The van der Waals surface area contributed by atoms with Crippen molar-refractivity contribution in [2.75, 3.05) is 89.5 Å². The molecule has 1 atom stereocenters. The Kier molecular flexibility index (Phi) is 9.76. The van der Waals surface area contributed by atoms with Crippen LogP contribution in [0.2, 0.25) is 5.02 Å². The topological polar surface area (TPSA) is 87.3 Å². The molecule has 0 unspecified atom stereocenters. The number of likely N-dealkylation sites (N-methyl/N-ethyl adjacent to an activating group) is 1. The number of hydrogen-bond donors (Lipinski definition) is 2. The van der Waals surface area contributed by atoms with E-state index >= 15 is 0 Å². The summed E-state index contributed by atoms with van der Waals surface area (Å²) in [7, 11) is 5.59. The van der Waals surface area contributed by atoms with Crippen LogP contribution in [0.15, 0.2) is 30.5 Å². The largest absolute Gasteiger partial charge is 0.494 e. The molecule has 2 aromatic carbocycles. The number of likely N-dealkylation sites (tertiary alicyclic amines) is 1. The number of benzene rings is 2. The van der Waals surface area contributed by atoms with E-state index in [9.17, 15) is 0 Å². The average Bonchev–Trinajstić information content (AvgIpc) is 3.54. The van der Waals surface area contributed by atoms with Gasteiger partial charge in [-0.05, 0) is 77.4 Å². The molecule has 4 heterocycles. The molecule has 12 heteroatoms. The van der Waals surface area contributed by atoms with Crippen LogP contribution in [-0.4, -0.2) is 106 Å². The SMILES string of the molecule is COc1cc(N2CCC(N3CC[C@H](N(C)C)C3)CC2)c(C)cc1Nc1ncc(Cl)c(Nc2ccc3c(c2P(C)C)OCCO3)n1. The van der Waals surface area contributed by atoms with Crippen LogP contribution in [-0.2, 0) is 0 Å². The monoisotopic (exact) mass is 653 g/mol. The second-order valence-corrected chi connectivity index (χ2v) is 15.1. The van der Waals surface area contributed by atoms with Gasteiger partial charge in [0.05, 0.1) is 24.7 Å². The molecule has 0 saturated carbocycles. The van der Waals surface area contributed by atoms with Crippen molar-refractivity contribution >= 4 is 53.7 Å². The van der Waals surface area contributed by atoms with E-state index in [1.54, 1.807) is 13.3 Å². The van der Waals surface area contributed by atoms with Crippen molar-refractivity contribution in [2.45, 2.75) is 38.3 Å². The molecule has 6 rings (SSSR count). The Labute approximate surface area is 273 Å². The van der Waals surface area contributed by atoms with Crippen LogP contribution in [0.4, 0.5) is 28.8 Å². The van der Waals surface area contributed by atoms with Crippen molar-refractivity contribution < 1.29 is 14.2 Å². The smallest absolute Gasteiger partial charge is 0.229 e. The van der Waals surface area contributed by atoms with E-state index in [1.165, 1.54) is 43.6 Å². The Hall–Kier alpha value is -3.04. The summed E-state index contributed by atoms with van der Waals surface area (Å²) in [5, 5.41) is 8.32. The third kappa shape index (κ3) is 6.89. The molecule has 2 saturated heterocycles. The van der Waals surface area contributed by atoms with E-state index in [-0.39, 0.29) is 0 Å². The Morgan fingerprint density at radius 1 is 1.02 bits per heavy atom. The first kappa shape index (κ1) is 31.9. The minimum Gasteiger partial charge on any atom is -0.494 e. The number of aryl methyl sites for hydroxylation is 1. The Balaban J connectivity index is 1.17. The molecule has 1 aromatic heterocycles. The van der Waals surface area contributed by atoms with Gasteiger partial charge in [-0.3, -0.25) is 4.90 Å². The first-order valence-electron chi connectivity index (χ1n) is 15.7. The Morgan fingerprint density at radius 3 is 2.51 bits per heavy atom. The van der Waals surface area contributed by atoms with Gasteiger partial charge in [0.2, 0.25) is 5.95 Å². The van der Waals surface area contributed by atoms with Gasteiger partial charge < -0.3 is 34.6 Å². The highest BCUT2D eigenvalue weighted by Crippen LogP contribution is 2.42. The number of rotatable bonds is 9. The van der Waals surface area contributed by atoms with E-state index in [0.29, 0.717) is 42.1 Å². The highest BCUT2D eigenvalue weighted by molar-refractivity contribution is 7.64. The minimum atomic E-state index is -0.507. The van der Waals surface area contributed by atoms with E-state index in [4.69, 9.17) is 30.8 Å². The summed E-state index contributed by atoms with van der Waals surface area (Å²) in [4.78, 5) is 16.8. The molecule has 3 aromatic rings. The molecular weight excluding hydrogens is 609 g/mol. The number of nitrogens with one attached hydrogen (secondary N) is 2. The number of anilines is 5. The van der Waals surface area contributed by atoms with E-state index in [0.717, 1.165) is 47.0 Å². The van der Waals surface area contributed by atoms with Crippen molar-refractivity contribution in [3.8, 4) is 17.2 Å². The van der Waals surface area contributed by atoms with Crippen LogP contribution < -0.4 is 35.0 Å². The van der Waals surface area contributed by atoms with Crippen molar-refractivity contribution in [1.29, 1.82) is 0 Å². The zero-order valence-electron chi connectivity index (χ0n) is 27.2. The predicted octanol–water partition coefficient (Wildman–Crippen LogP) is 5.68. The van der Waals surface area contributed by atoms with Gasteiger partial charge in [-0.1, -0.05) is 19.5 Å². The number of fused-ring (bicyclic) bond motifs is 1. The molecule has 2 fully saturated rings. The van der Waals surface area contributed by atoms with Gasteiger partial charge in [-0.25, -0.2) is 4.98 Å². The molecule has 242 valence electrons. The fourth-order valence-corrected chi connectivity index (χ4v) is 8.02. The van der Waals surface area contributed by atoms with Crippen LogP contribution in [0, 0.1) is 6.92 Å². The fraction of sp³-hybridized carbons (Fsp3) is 0.515. The third-order valence-corrected chi connectivity index (χ3v) is 10.8. The van der Waals surface area contributed by atoms with Crippen LogP contribution in [0.3, 0.4) is 0 Å². The van der Waals surface area contributed by atoms with Gasteiger partial charge in [0.1, 0.15) is 24.0 Å². The maximum absolute atomic E-state index is 6.59. The Bertz CT molecular complexity index is 1520. The zero-order valence-corrected chi connectivity index (χ0v) is 28.8. The second-order valence-electron chi connectivity index (χ2n) is 12.5. The number of hydrogen-bond acceptors (Lipinski definition) is 10. The highest BCUT2D eigenvalue weighted by atomic mass is 35.5. The molecule has 0 bridgehead atoms. The number of piperidine rings is 1. The van der Waals surface area contributed by atoms with Crippen molar-refractivity contribution in [3.63, 3.8) is 0 Å². The lowest BCUT2D eigenvalue weighted by atomic mass is 10.0. The van der Waals surface area contributed by atoms with Crippen LogP contribution in [0.25, 0.3) is 0 Å². The van der Waals surface area contributed by atoms with Gasteiger partial charge in [-0.15, -0.1) is 0 Å². The average molecular weight is 654 g/mol. The number of nitrogens with zero attached hydrogens (tertiary/aromatic N) is 5. The molecule has 0 amide bonds. The van der Waals surface area contributed by atoms with Crippen molar-refractivity contribution in [1.82, 2.24) is 19.8 Å². The first-order chi connectivity index (χ1) is 21.7. The lowest BCUT2D eigenvalue weighted by Crippen LogP contribution is -2.45. The number of methoxy groups -OCH3 is 1. The van der Waals surface area contributed by atoms with Gasteiger partial charge in [0.15, 0.2) is 17.3 Å². The number of aromatic nitrogens is 2. The van der Waals surface area contributed by atoms with Gasteiger partial charge in [0, 0.05) is 55.3 Å². The number of halogens is 1. The minimum absolute atomic E-state index is 0.421. The standard InChI is InChI=1S/C33H45ClN7O3P/c1-21-17-26(29(42-4)18-27(21)40-12-9-22(10-13-40)41-14-11-23(20-41)39(2)3)37-33-35-19-24(34)32(38-33)36-25-7-8-28-30(31(25)45(5)6)44-16-15-43-28/h7-8,17-19,22-23H,9-16,20H2,1-6H3,(H2,35,36,37,38)/t23-/m0/s1. The molecule has 45 heavy (non-hydrogen) atoms. The van der Waals surface area contributed by atoms with Crippen LogP contribution in [0.5, 0.6) is 17.2 Å². The summed E-state index contributed by atoms with van der Waals surface area (Å²) in [5.74, 6) is 3.24. The molecule has 0 radical (unpaired) electrons. The summed E-state index contributed by atoms with van der Waals surface area (Å²) in [5.41, 5.74) is 4.09. The van der Waals surface area contributed by atoms with E-state index < -0.39 is 7.92 Å². The molecule has 3 aliphatic heterocycles. The third-order valence-electron chi connectivity index (χ3n) is 9.14. The lowest BCUT2D eigenvalue weighted by molar-refractivity contribution is 0.173. The Morgan fingerprint density at radius 2 is 1.80 bits per heavy atom. The normalized spacial score (nSPS) is 19.0. The quantitative estimate of drug-likeness (QED) is 0.282. The lowest BCUT2D eigenvalue weighted by Gasteiger charge is -2.38. The van der Waals surface area contributed by atoms with Crippen LogP contribution in [0.1, 0.15) is 24.8 Å². The fourth-order valence-electron chi connectivity index (χ4n) is 6.69. The summed E-state index contributed by atoms with van der Waals surface area (Å²) in [6.07, 6.45) is 5.24. The summed E-state index contributed by atoms with van der Waals surface area (Å²) in [6.45, 7) is 12.1. The van der Waals surface area contributed by atoms with E-state index in [2.05, 4.69) is 76.8 Å². The number of ether oxygens (including phenoxy) is 3. The molecule has 0 spiro atoms. The van der Waals surface area contributed by atoms with Crippen molar-refractivity contribution in [2.24, 2.45) is 0 Å². The molecule has 2 N–H and O–H groups in total. The van der Waals surface area contributed by atoms with Crippen LogP contribution >= 0.6 is 19.5 Å². The predicted molar refractivity (Wildman–Crippen MR) is 186 cm³/mol. The van der Waals surface area contributed by atoms with Gasteiger partial charge in [0.25, 0.3) is 0 Å². The van der Waals surface area contributed by atoms with Gasteiger partial charge in [-0.2, -0.15) is 4.98 Å². The summed E-state index contributed by atoms with van der Waals surface area (Å²) >= 11 is 6.59. The molecule has 0 aliphatic carbocycles. The summed E-state index contributed by atoms with van der Waals surface area (Å²) < 4.78 is 17.7.